The van der Waals surface area contributed by atoms with Gasteiger partial charge in [0.1, 0.15) is 5.15 Å². The summed E-state index contributed by atoms with van der Waals surface area (Å²) in [6.07, 6.45) is 6.03. The minimum atomic E-state index is -0.550. The third kappa shape index (κ3) is 4.48. The third-order valence-electron chi connectivity index (χ3n) is 3.66. The molecule has 2 heterocycles. The van der Waals surface area contributed by atoms with E-state index in [1.165, 1.54) is 24.4 Å². The van der Waals surface area contributed by atoms with E-state index in [4.69, 9.17) is 16.3 Å². The fourth-order valence-corrected chi connectivity index (χ4v) is 2.57. The highest BCUT2D eigenvalue weighted by Crippen LogP contribution is 2.16. The normalized spacial score (nSPS) is 10.9. The molecule has 2 aromatic heterocycles. The molecular formula is C20H16ClN3O3. The van der Waals surface area contributed by atoms with Gasteiger partial charge < -0.3 is 4.74 Å². The Bertz CT molecular complexity index is 997. The Balaban J connectivity index is 1.94. The van der Waals surface area contributed by atoms with E-state index in [1.54, 1.807) is 23.9 Å². The van der Waals surface area contributed by atoms with Crippen molar-refractivity contribution in [1.82, 2.24) is 14.8 Å². The number of para-hydroxylation sites is 1. The maximum Gasteiger partial charge on any atom is 0.359 e. The van der Waals surface area contributed by atoms with Crippen molar-refractivity contribution in [2.45, 2.75) is 6.92 Å². The molecule has 0 radical (unpaired) electrons. The number of pyridine rings is 1. The smallest absolute Gasteiger partial charge is 0.359 e. The van der Waals surface area contributed by atoms with Crippen LogP contribution in [-0.2, 0) is 4.74 Å². The Morgan fingerprint density at radius 3 is 2.70 bits per heavy atom. The van der Waals surface area contributed by atoms with E-state index >= 15 is 0 Å². The summed E-state index contributed by atoms with van der Waals surface area (Å²) in [7, 11) is 0. The average Bonchev–Trinajstić information content (AvgIpc) is 3.11. The molecule has 0 aliphatic rings. The zero-order chi connectivity index (χ0) is 19.2. The van der Waals surface area contributed by atoms with Gasteiger partial charge in [-0.3, -0.25) is 4.79 Å². The number of rotatable bonds is 6. The Morgan fingerprint density at radius 1 is 1.22 bits per heavy atom. The molecular weight excluding hydrogens is 366 g/mol. The summed E-state index contributed by atoms with van der Waals surface area (Å²) in [5.74, 6) is -0.812. The summed E-state index contributed by atoms with van der Waals surface area (Å²) in [6.45, 7) is 1.95. The first-order valence-electron chi connectivity index (χ1n) is 8.24. The van der Waals surface area contributed by atoms with Crippen molar-refractivity contribution in [2.75, 3.05) is 6.61 Å². The van der Waals surface area contributed by atoms with Gasteiger partial charge in [-0.1, -0.05) is 29.8 Å². The summed E-state index contributed by atoms with van der Waals surface area (Å²) in [5, 5.41) is 4.55. The second-order valence-corrected chi connectivity index (χ2v) is 5.89. The molecule has 0 N–H and O–H groups in total. The number of esters is 1. The molecule has 0 aliphatic carbocycles. The number of carbonyl (C=O) groups is 2. The van der Waals surface area contributed by atoms with Crippen LogP contribution in [0.15, 0.2) is 60.9 Å². The minimum absolute atomic E-state index is 0.137. The van der Waals surface area contributed by atoms with Crippen LogP contribution < -0.4 is 0 Å². The number of hydrogen-bond acceptors (Lipinski definition) is 5. The molecule has 136 valence electrons. The first kappa shape index (κ1) is 18.5. The standard InChI is InChI=1S/C20H16ClN3O3/c1-2-27-20(26)19-15(13-24(23-19)16-6-4-3-5-7-16)8-9-17(25)14-10-11-22-18(21)12-14/h3-13H,2H2,1H3. The molecule has 0 saturated carbocycles. The molecule has 3 rings (SSSR count). The van der Waals surface area contributed by atoms with Crippen LogP contribution in [-0.4, -0.2) is 33.1 Å². The van der Waals surface area contributed by atoms with E-state index in [1.807, 2.05) is 30.3 Å². The topological polar surface area (TPSA) is 74.1 Å². The van der Waals surface area contributed by atoms with E-state index in [9.17, 15) is 9.59 Å². The molecule has 0 aliphatic heterocycles. The summed E-state index contributed by atoms with van der Waals surface area (Å²) >= 11 is 5.82. The molecule has 0 atom stereocenters. The number of allylic oxidation sites excluding steroid dienone is 1. The van der Waals surface area contributed by atoms with Gasteiger partial charge in [0.2, 0.25) is 0 Å². The quantitative estimate of drug-likeness (QED) is 0.279. The van der Waals surface area contributed by atoms with Crippen LogP contribution in [0.5, 0.6) is 0 Å². The largest absolute Gasteiger partial charge is 0.461 e. The molecule has 27 heavy (non-hydrogen) atoms. The molecule has 0 amide bonds. The van der Waals surface area contributed by atoms with Gasteiger partial charge in [-0.15, -0.1) is 0 Å². The second-order valence-electron chi connectivity index (χ2n) is 5.50. The Kier molecular flexibility index (Phi) is 5.78. The van der Waals surface area contributed by atoms with Gasteiger partial charge in [-0.05, 0) is 43.3 Å². The van der Waals surface area contributed by atoms with Crippen molar-refractivity contribution in [3.8, 4) is 5.69 Å². The lowest BCUT2D eigenvalue weighted by molar-refractivity contribution is 0.0518. The van der Waals surface area contributed by atoms with E-state index < -0.39 is 5.97 Å². The molecule has 0 bridgehead atoms. The second kappa shape index (κ2) is 8.42. The number of aromatic nitrogens is 3. The molecule has 6 nitrogen and oxygen atoms in total. The van der Waals surface area contributed by atoms with Gasteiger partial charge >= 0.3 is 5.97 Å². The van der Waals surface area contributed by atoms with E-state index in [0.717, 1.165) is 5.69 Å². The molecule has 0 saturated heterocycles. The van der Waals surface area contributed by atoms with Crippen molar-refractivity contribution < 1.29 is 14.3 Å². The van der Waals surface area contributed by atoms with Gasteiger partial charge in [-0.25, -0.2) is 14.5 Å². The van der Waals surface area contributed by atoms with E-state index in [-0.39, 0.29) is 23.2 Å². The van der Waals surface area contributed by atoms with Crippen LogP contribution in [0.3, 0.4) is 0 Å². The highest BCUT2D eigenvalue weighted by molar-refractivity contribution is 6.29. The zero-order valence-electron chi connectivity index (χ0n) is 14.5. The first-order valence-corrected chi connectivity index (χ1v) is 8.62. The highest BCUT2D eigenvalue weighted by atomic mass is 35.5. The Labute approximate surface area is 161 Å². The lowest BCUT2D eigenvalue weighted by Crippen LogP contribution is -2.08. The zero-order valence-corrected chi connectivity index (χ0v) is 15.3. The van der Waals surface area contributed by atoms with Gasteiger partial charge in [0.05, 0.1) is 12.3 Å². The van der Waals surface area contributed by atoms with Crippen LogP contribution in [0.25, 0.3) is 11.8 Å². The lowest BCUT2D eigenvalue weighted by Gasteiger charge is -2.00. The summed E-state index contributed by atoms with van der Waals surface area (Å²) in [4.78, 5) is 28.4. The van der Waals surface area contributed by atoms with Crippen LogP contribution >= 0.6 is 11.6 Å². The molecule has 0 unspecified atom stereocenters. The molecule has 3 aromatic rings. The summed E-state index contributed by atoms with van der Waals surface area (Å²) in [6, 6.07) is 12.4. The van der Waals surface area contributed by atoms with Gasteiger partial charge in [0.15, 0.2) is 11.5 Å². The number of carbonyl (C=O) groups excluding carboxylic acids is 2. The fourth-order valence-electron chi connectivity index (χ4n) is 2.40. The first-order chi connectivity index (χ1) is 13.1. The third-order valence-corrected chi connectivity index (χ3v) is 3.86. The number of ketones is 1. The van der Waals surface area contributed by atoms with Gasteiger partial charge in [0, 0.05) is 23.5 Å². The highest BCUT2D eigenvalue weighted by Gasteiger charge is 2.17. The molecule has 1 aromatic carbocycles. The van der Waals surface area contributed by atoms with Crippen molar-refractivity contribution in [1.29, 1.82) is 0 Å². The van der Waals surface area contributed by atoms with Crippen molar-refractivity contribution in [2.24, 2.45) is 0 Å². The summed E-state index contributed by atoms with van der Waals surface area (Å²) in [5.41, 5.74) is 1.80. The van der Waals surface area contributed by atoms with Crippen LogP contribution in [0, 0.1) is 0 Å². The number of hydrogen-bond donors (Lipinski definition) is 0. The maximum absolute atomic E-state index is 12.3. The molecule has 0 spiro atoms. The predicted molar refractivity (Wildman–Crippen MR) is 102 cm³/mol. The van der Waals surface area contributed by atoms with Crippen molar-refractivity contribution >= 4 is 29.4 Å². The van der Waals surface area contributed by atoms with Gasteiger partial charge in [-0.2, -0.15) is 5.10 Å². The number of halogens is 1. The van der Waals surface area contributed by atoms with Crippen LogP contribution in [0.1, 0.15) is 33.3 Å². The van der Waals surface area contributed by atoms with Crippen molar-refractivity contribution in [3.63, 3.8) is 0 Å². The van der Waals surface area contributed by atoms with Gasteiger partial charge in [0.25, 0.3) is 0 Å². The minimum Gasteiger partial charge on any atom is -0.461 e. The maximum atomic E-state index is 12.3. The van der Waals surface area contributed by atoms with E-state index in [0.29, 0.717) is 11.1 Å². The fraction of sp³-hybridized carbons (Fsp3) is 0.100. The number of benzene rings is 1. The van der Waals surface area contributed by atoms with Crippen molar-refractivity contribution in [3.05, 3.63) is 82.9 Å². The number of nitrogens with zero attached hydrogens (tertiary/aromatic N) is 3. The Hall–Kier alpha value is -3.25. The molecule has 0 fully saturated rings. The Morgan fingerprint density at radius 2 is 2.00 bits per heavy atom. The van der Waals surface area contributed by atoms with Crippen LogP contribution in [0.2, 0.25) is 5.15 Å². The van der Waals surface area contributed by atoms with Crippen LogP contribution in [0.4, 0.5) is 0 Å². The number of ether oxygens (including phenoxy) is 1. The van der Waals surface area contributed by atoms with E-state index in [2.05, 4.69) is 10.1 Å². The average molecular weight is 382 g/mol. The monoisotopic (exact) mass is 381 g/mol. The predicted octanol–water partition coefficient (Wildman–Crippen LogP) is 3.99. The summed E-state index contributed by atoms with van der Waals surface area (Å²) < 4.78 is 6.63. The molecule has 7 heteroatoms. The lowest BCUT2D eigenvalue weighted by atomic mass is 10.1. The SMILES string of the molecule is CCOC(=O)c1nn(-c2ccccc2)cc1C=CC(=O)c1ccnc(Cl)c1.